The molecule has 0 amide bonds. The lowest BCUT2D eigenvalue weighted by molar-refractivity contribution is 0.338. The minimum Gasteiger partial charge on any atom is -0.494 e. The number of rotatable bonds is 6. The molecule has 0 aliphatic heterocycles. The van der Waals surface area contributed by atoms with Crippen molar-refractivity contribution in [3.05, 3.63) is 77.7 Å². The maximum absolute atomic E-state index is 13.0. The second-order valence-electron chi connectivity index (χ2n) is 6.26. The molecule has 1 atom stereocenters. The summed E-state index contributed by atoms with van der Waals surface area (Å²) in [7, 11) is 0. The van der Waals surface area contributed by atoms with Gasteiger partial charge in [0.15, 0.2) is 0 Å². The standard InChI is InChI=1S/C22H23FN2O/c1-4-26-21-13-18(6-5-15(21)2)19-9-12-22(24-14-19)25-16(3)17-7-10-20(23)11-8-17/h5-14,16H,4H2,1-3H3,(H,24,25). The van der Waals surface area contributed by atoms with Crippen molar-refractivity contribution in [2.45, 2.75) is 26.8 Å². The maximum Gasteiger partial charge on any atom is 0.126 e. The molecule has 0 spiro atoms. The highest BCUT2D eigenvalue weighted by Gasteiger charge is 2.08. The van der Waals surface area contributed by atoms with E-state index in [0.29, 0.717) is 6.61 Å². The SMILES string of the molecule is CCOc1cc(-c2ccc(NC(C)c3ccc(F)cc3)nc2)ccc1C. The minimum atomic E-state index is -0.229. The average Bonchev–Trinajstić information content (AvgIpc) is 2.65. The van der Waals surface area contributed by atoms with Gasteiger partial charge in [0, 0.05) is 17.8 Å². The average molecular weight is 350 g/mol. The Morgan fingerprint density at radius 3 is 2.42 bits per heavy atom. The van der Waals surface area contributed by atoms with Gasteiger partial charge >= 0.3 is 0 Å². The molecular weight excluding hydrogens is 327 g/mol. The number of nitrogens with one attached hydrogen (secondary N) is 1. The van der Waals surface area contributed by atoms with Gasteiger partial charge < -0.3 is 10.1 Å². The number of anilines is 1. The normalized spacial score (nSPS) is 11.8. The van der Waals surface area contributed by atoms with Gasteiger partial charge in [-0.15, -0.1) is 0 Å². The Morgan fingerprint density at radius 1 is 1.04 bits per heavy atom. The first-order valence-corrected chi connectivity index (χ1v) is 8.78. The molecule has 0 aliphatic carbocycles. The van der Waals surface area contributed by atoms with E-state index >= 15 is 0 Å². The molecule has 1 unspecified atom stereocenters. The number of aromatic nitrogens is 1. The molecule has 0 radical (unpaired) electrons. The molecule has 134 valence electrons. The molecule has 1 N–H and O–H groups in total. The van der Waals surface area contributed by atoms with Gasteiger partial charge in [-0.3, -0.25) is 0 Å². The first-order valence-electron chi connectivity index (χ1n) is 8.78. The van der Waals surface area contributed by atoms with Gasteiger partial charge in [0.1, 0.15) is 17.4 Å². The van der Waals surface area contributed by atoms with Crippen molar-refractivity contribution in [2.24, 2.45) is 0 Å². The van der Waals surface area contributed by atoms with Crippen LogP contribution in [0, 0.1) is 12.7 Å². The molecule has 0 aliphatic rings. The molecular formula is C22H23FN2O. The third-order valence-electron chi connectivity index (χ3n) is 4.32. The lowest BCUT2D eigenvalue weighted by Crippen LogP contribution is -2.07. The van der Waals surface area contributed by atoms with Gasteiger partial charge in [-0.1, -0.05) is 24.3 Å². The first-order chi connectivity index (χ1) is 12.6. The van der Waals surface area contributed by atoms with Gasteiger partial charge in [-0.25, -0.2) is 9.37 Å². The van der Waals surface area contributed by atoms with Crippen molar-refractivity contribution in [3.8, 4) is 16.9 Å². The summed E-state index contributed by atoms with van der Waals surface area (Å²) in [5, 5.41) is 3.34. The van der Waals surface area contributed by atoms with Crippen LogP contribution in [0.5, 0.6) is 5.75 Å². The Bertz CT molecular complexity index is 860. The number of halogens is 1. The van der Waals surface area contributed by atoms with Gasteiger partial charge in [0.05, 0.1) is 6.61 Å². The van der Waals surface area contributed by atoms with Crippen LogP contribution in [-0.4, -0.2) is 11.6 Å². The third kappa shape index (κ3) is 4.20. The second kappa shape index (κ2) is 8.00. The lowest BCUT2D eigenvalue weighted by atomic mass is 10.0. The van der Waals surface area contributed by atoms with Crippen LogP contribution < -0.4 is 10.1 Å². The van der Waals surface area contributed by atoms with Crippen molar-refractivity contribution in [3.63, 3.8) is 0 Å². The van der Waals surface area contributed by atoms with Crippen LogP contribution in [0.3, 0.4) is 0 Å². The largest absolute Gasteiger partial charge is 0.494 e. The van der Waals surface area contributed by atoms with E-state index in [1.165, 1.54) is 12.1 Å². The fourth-order valence-corrected chi connectivity index (χ4v) is 2.80. The van der Waals surface area contributed by atoms with E-state index in [0.717, 1.165) is 33.8 Å². The highest BCUT2D eigenvalue weighted by molar-refractivity contribution is 5.66. The highest BCUT2D eigenvalue weighted by Crippen LogP contribution is 2.27. The van der Waals surface area contributed by atoms with Crippen molar-refractivity contribution in [1.82, 2.24) is 4.98 Å². The highest BCUT2D eigenvalue weighted by atomic mass is 19.1. The van der Waals surface area contributed by atoms with Crippen molar-refractivity contribution in [2.75, 3.05) is 11.9 Å². The number of nitrogens with zero attached hydrogens (tertiary/aromatic N) is 1. The molecule has 3 aromatic rings. The predicted molar refractivity (Wildman–Crippen MR) is 104 cm³/mol. The molecule has 0 fully saturated rings. The van der Waals surface area contributed by atoms with E-state index in [4.69, 9.17) is 4.74 Å². The summed E-state index contributed by atoms with van der Waals surface area (Å²) < 4.78 is 18.7. The zero-order chi connectivity index (χ0) is 18.5. The molecule has 1 heterocycles. The van der Waals surface area contributed by atoms with Gasteiger partial charge in [-0.2, -0.15) is 0 Å². The van der Waals surface area contributed by atoms with Crippen LogP contribution in [0.15, 0.2) is 60.8 Å². The summed E-state index contributed by atoms with van der Waals surface area (Å²) >= 11 is 0. The number of benzene rings is 2. The Hall–Kier alpha value is -2.88. The van der Waals surface area contributed by atoms with E-state index < -0.39 is 0 Å². The summed E-state index contributed by atoms with van der Waals surface area (Å²) in [6.07, 6.45) is 1.85. The minimum absolute atomic E-state index is 0.0397. The smallest absolute Gasteiger partial charge is 0.126 e. The van der Waals surface area contributed by atoms with Crippen LogP contribution >= 0.6 is 0 Å². The second-order valence-corrected chi connectivity index (χ2v) is 6.26. The number of hydrogen-bond acceptors (Lipinski definition) is 3. The van der Waals surface area contributed by atoms with Crippen LogP contribution in [0.2, 0.25) is 0 Å². The molecule has 26 heavy (non-hydrogen) atoms. The fourth-order valence-electron chi connectivity index (χ4n) is 2.80. The van der Waals surface area contributed by atoms with E-state index in [2.05, 4.69) is 22.4 Å². The third-order valence-corrected chi connectivity index (χ3v) is 4.32. The topological polar surface area (TPSA) is 34.1 Å². The van der Waals surface area contributed by atoms with Crippen LogP contribution in [-0.2, 0) is 0 Å². The van der Waals surface area contributed by atoms with Crippen LogP contribution in [0.4, 0.5) is 10.2 Å². The number of aryl methyl sites for hydroxylation is 1. The lowest BCUT2D eigenvalue weighted by Gasteiger charge is -2.15. The summed E-state index contributed by atoms with van der Waals surface area (Å²) in [6, 6.07) is 16.7. The van der Waals surface area contributed by atoms with E-state index in [-0.39, 0.29) is 11.9 Å². The Morgan fingerprint density at radius 2 is 1.77 bits per heavy atom. The molecule has 0 saturated carbocycles. The molecule has 3 nitrogen and oxygen atoms in total. The van der Waals surface area contributed by atoms with E-state index in [1.54, 1.807) is 12.1 Å². The Balaban J connectivity index is 1.74. The Labute approximate surface area is 153 Å². The van der Waals surface area contributed by atoms with E-state index in [9.17, 15) is 4.39 Å². The molecule has 4 heteroatoms. The van der Waals surface area contributed by atoms with Gasteiger partial charge in [0.25, 0.3) is 0 Å². The molecule has 3 rings (SSSR count). The molecule has 0 saturated heterocycles. The quantitative estimate of drug-likeness (QED) is 0.613. The van der Waals surface area contributed by atoms with E-state index in [1.807, 2.05) is 45.2 Å². The Kier molecular flexibility index (Phi) is 5.52. The first kappa shape index (κ1) is 17.9. The summed E-state index contributed by atoms with van der Waals surface area (Å²) in [5.41, 5.74) is 4.24. The summed E-state index contributed by atoms with van der Waals surface area (Å²) in [4.78, 5) is 4.51. The predicted octanol–water partition coefficient (Wildman–Crippen LogP) is 5.77. The van der Waals surface area contributed by atoms with Crippen LogP contribution in [0.1, 0.15) is 31.0 Å². The fraction of sp³-hybridized carbons (Fsp3) is 0.227. The number of pyridine rings is 1. The van der Waals surface area contributed by atoms with Crippen molar-refractivity contribution >= 4 is 5.82 Å². The number of hydrogen-bond donors (Lipinski definition) is 1. The summed E-state index contributed by atoms with van der Waals surface area (Å²) in [5.74, 6) is 1.45. The van der Waals surface area contributed by atoms with Crippen molar-refractivity contribution in [1.29, 1.82) is 0 Å². The molecule has 2 aromatic carbocycles. The maximum atomic E-state index is 13.0. The van der Waals surface area contributed by atoms with Crippen LogP contribution in [0.25, 0.3) is 11.1 Å². The summed E-state index contributed by atoms with van der Waals surface area (Å²) in [6.45, 7) is 6.69. The van der Waals surface area contributed by atoms with Gasteiger partial charge in [-0.05, 0) is 67.8 Å². The number of ether oxygens (including phenoxy) is 1. The van der Waals surface area contributed by atoms with Gasteiger partial charge in [0.2, 0.25) is 0 Å². The molecule has 1 aromatic heterocycles. The van der Waals surface area contributed by atoms with Crippen molar-refractivity contribution < 1.29 is 9.13 Å². The molecule has 0 bridgehead atoms. The monoisotopic (exact) mass is 350 g/mol. The zero-order valence-corrected chi connectivity index (χ0v) is 15.3. The zero-order valence-electron chi connectivity index (χ0n) is 15.3.